The highest BCUT2D eigenvalue weighted by molar-refractivity contribution is 7.90. The number of halogens is 3. The molecule has 0 aliphatic heterocycles. The van der Waals surface area contributed by atoms with Crippen LogP contribution in [-0.2, 0) is 22.6 Å². The van der Waals surface area contributed by atoms with Crippen molar-refractivity contribution in [3.8, 4) is 0 Å². The summed E-state index contributed by atoms with van der Waals surface area (Å²) in [7, 11) is -2.20. The van der Waals surface area contributed by atoms with Gasteiger partial charge in [-0.05, 0) is 29.8 Å². The number of hydrogen-bond acceptors (Lipinski definition) is 3. The topological polar surface area (TPSA) is 54.5 Å². The van der Waals surface area contributed by atoms with E-state index >= 15 is 0 Å². The van der Waals surface area contributed by atoms with Gasteiger partial charge in [-0.2, -0.15) is 13.2 Å². The highest BCUT2D eigenvalue weighted by Crippen LogP contribution is 2.29. The fourth-order valence-corrected chi connectivity index (χ4v) is 3.24. The maximum Gasteiger partial charge on any atom is 0.416 e. The second-order valence-electron chi connectivity index (χ2n) is 5.63. The Morgan fingerprint density at radius 2 is 1.72 bits per heavy atom. The molecule has 4 nitrogen and oxygen atoms in total. The first-order valence-electron chi connectivity index (χ1n) is 7.21. The van der Waals surface area contributed by atoms with Gasteiger partial charge in [-0.3, -0.25) is 4.79 Å². The Morgan fingerprint density at radius 1 is 1.08 bits per heavy atom. The van der Waals surface area contributed by atoms with E-state index in [1.165, 1.54) is 48.3 Å². The standard InChI is InChI=1S/C17H16F3NO3S/c1-21(11-12-6-5-7-13(10-12)17(18,19)20)16(22)14-8-3-4-9-15(14)25(2,23)24/h3-10H,11H2,1-2H3. The smallest absolute Gasteiger partial charge is 0.337 e. The van der Waals surface area contributed by atoms with Gasteiger partial charge in [0.25, 0.3) is 5.91 Å². The average Bonchev–Trinajstić information content (AvgIpc) is 2.52. The third-order valence-corrected chi connectivity index (χ3v) is 4.69. The lowest BCUT2D eigenvalue weighted by Gasteiger charge is -2.19. The van der Waals surface area contributed by atoms with Crippen LogP contribution in [0.2, 0.25) is 0 Å². The molecule has 0 atom stereocenters. The monoisotopic (exact) mass is 371 g/mol. The first kappa shape index (κ1) is 19.0. The van der Waals surface area contributed by atoms with E-state index in [1.54, 1.807) is 0 Å². The highest BCUT2D eigenvalue weighted by atomic mass is 32.2. The molecular weight excluding hydrogens is 355 g/mol. The molecule has 0 unspecified atom stereocenters. The van der Waals surface area contributed by atoms with Gasteiger partial charge in [-0.1, -0.05) is 24.3 Å². The Hall–Kier alpha value is -2.35. The van der Waals surface area contributed by atoms with E-state index < -0.39 is 27.5 Å². The molecule has 1 amide bonds. The summed E-state index contributed by atoms with van der Waals surface area (Å²) in [6, 6.07) is 10.4. The molecule has 2 aromatic rings. The minimum Gasteiger partial charge on any atom is -0.337 e. The van der Waals surface area contributed by atoms with Crippen molar-refractivity contribution in [2.24, 2.45) is 0 Å². The predicted molar refractivity (Wildman–Crippen MR) is 86.8 cm³/mol. The maximum absolute atomic E-state index is 12.8. The molecule has 0 saturated heterocycles. The highest BCUT2D eigenvalue weighted by Gasteiger charge is 2.30. The van der Waals surface area contributed by atoms with Crippen LogP contribution in [0.15, 0.2) is 53.4 Å². The first-order chi connectivity index (χ1) is 11.5. The summed E-state index contributed by atoms with van der Waals surface area (Å²) in [5.74, 6) is -0.585. The van der Waals surface area contributed by atoms with E-state index in [4.69, 9.17) is 0 Å². The van der Waals surface area contributed by atoms with Crippen molar-refractivity contribution in [2.75, 3.05) is 13.3 Å². The Labute approximate surface area is 143 Å². The van der Waals surface area contributed by atoms with Crippen molar-refractivity contribution in [3.63, 3.8) is 0 Å². The van der Waals surface area contributed by atoms with Gasteiger partial charge in [0, 0.05) is 19.8 Å². The molecule has 134 valence electrons. The number of carbonyl (C=O) groups excluding carboxylic acids is 1. The number of nitrogens with zero attached hydrogens (tertiary/aromatic N) is 1. The molecule has 25 heavy (non-hydrogen) atoms. The summed E-state index contributed by atoms with van der Waals surface area (Å²) < 4.78 is 61.9. The normalized spacial score (nSPS) is 12.0. The fourth-order valence-electron chi connectivity index (χ4n) is 2.36. The predicted octanol–water partition coefficient (Wildman–Crippen LogP) is 3.38. The van der Waals surface area contributed by atoms with Gasteiger partial charge < -0.3 is 4.90 Å². The van der Waals surface area contributed by atoms with Crippen LogP contribution in [-0.4, -0.2) is 32.5 Å². The molecule has 0 fully saturated rings. The molecular formula is C17H16F3NO3S. The largest absolute Gasteiger partial charge is 0.416 e. The van der Waals surface area contributed by atoms with Crippen molar-refractivity contribution in [1.29, 1.82) is 0 Å². The fraction of sp³-hybridized carbons (Fsp3) is 0.235. The zero-order valence-corrected chi connectivity index (χ0v) is 14.4. The molecule has 0 aliphatic rings. The van der Waals surface area contributed by atoms with Crippen molar-refractivity contribution in [2.45, 2.75) is 17.6 Å². The molecule has 0 saturated carbocycles. The maximum atomic E-state index is 12.8. The molecule has 0 radical (unpaired) electrons. The van der Waals surface area contributed by atoms with Crippen molar-refractivity contribution in [1.82, 2.24) is 4.90 Å². The van der Waals surface area contributed by atoms with E-state index in [1.807, 2.05) is 0 Å². The van der Waals surface area contributed by atoms with E-state index in [0.29, 0.717) is 5.56 Å². The van der Waals surface area contributed by atoms with E-state index in [-0.39, 0.29) is 17.0 Å². The number of rotatable bonds is 4. The number of carbonyl (C=O) groups is 1. The van der Waals surface area contributed by atoms with Crippen LogP contribution >= 0.6 is 0 Å². The van der Waals surface area contributed by atoms with E-state index in [2.05, 4.69) is 0 Å². The molecule has 0 aromatic heterocycles. The third kappa shape index (κ3) is 4.60. The molecule has 0 N–H and O–H groups in total. The van der Waals surface area contributed by atoms with Crippen LogP contribution in [0.4, 0.5) is 13.2 Å². The summed E-state index contributed by atoms with van der Waals surface area (Å²) in [6.45, 7) is -0.0825. The zero-order chi connectivity index (χ0) is 18.8. The number of benzene rings is 2. The molecule has 0 spiro atoms. The number of hydrogen-bond donors (Lipinski definition) is 0. The lowest BCUT2D eigenvalue weighted by atomic mass is 10.1. The van der Waals surface area contributed by atoms with Gasteiger partial charge in [0.2, 0.25) is 0 Å². The Bertz CT molecular complexity index is 892. The van der Waals surface area contributed by atoms with Crippen molar-refractivity contribution in [3.05, 3.63) is 65.2 Å². The SMILES string of the molecule is CN(Cc1cccc(C(F)(F)F)c1)C(=O)c1ccccc1S(C)(=O)=O. The summed E-state index contributed by atoms with van der Waals surface area (Å²) in [5.41, 5.74) is -0.524. The second-order valence-corrected chi connectivity index (χ2v) is 7.61. The van der Waals surface area contributed by atoms with Crippen LogP contribution < -0.4 is 0 Å². The minimum absolute atomic E-state index is 0.0144. The summed E-state index contributed by atoms with van der Waals surface area (Å²) in [5, 5.41) is 0. The second kappa shape index (κ2) is 6.87. The lowest BCUT2D eigenvalue weighted by molar-refractivity contribution is -0.137. The van der Waals surface area contributed by atoms with Gasteiger partial charge in [0.05, 0.1) is 16.0 Å². The molecule has 2 rings (SSSR count). The summed E-state index contributed by atoms with van der Waals surface area (Å²) in [4.78, 5) is 13.6. The van der Waals surface area contributed by atoms with Crippen molar-refractivity contribution >= 4 is 15.7 Å². The molecule has 0 aliphatic carbocycles. The molecule has 8 heteroatoms. The summed E-state index contributed by atoms with van der Waals surface area (Å²) >= 11 is 0. The summed E-state index contributed by atoms with van der Waals surface area (Å²) in [6.07, 6.45) is -3.48. The van der Waals surface area contributed by atoms with Gasteiger partial charge in [-0.15, -0.1) is 0 Å². The Kier molecular flexibility index (Phi) is 5.22. The first-order valence-corrected chi connectivity index (χ1v) is 9.10. The van der Waals surface area contributed by atoms with Gasteiger partial charge in [0.1, 0.15) is 0 Å². The van der Waals surface area contributed by atoms with Crippen LogP contribution in [0.3, 0.4) is 0 Å². The van der Waals surface area contributed by atoms with Gasteiger partial charge >= 0.3 is 6.18 Å². The Morgan fingerprint density at radius 3 is 2.32 bits per heavy atom. The molecule has 0 bridgehead atoms. The van der Waals surface area contributed by atoms with Crippen LogP contribution in [0.5, 0.6) is 0 Å². The number of amides is 1. The lowest BCUT2D eigenvalue weighted by Crippen LogP contribution is -2.27. The minimum atomic E-state index is -4.47. The van der Waals surface area contributed by atoms with Crippen LogP contribution in [0, 0.1) is 0 Å². The number of alkyl halides is 3. The molecule has 0 heterocycles. The average molecular weight is 371 g/mol. The third-order valence-electron chi connectivity index (χ3n) is 3.54. The van der Waals surface area contributed by atoms with Crippen molar-refractivity contribution < 1.29 is 26.4 Å². The van der Waals surface area contributed by atoms with Gasteiger partial charge in [-0.25, -0.2) is 8.42 Å². The van der Waals surface area contributed by atoms with Crippen LogP contribution in [0.1, 0.15) is 21.5 Å². The number of sulfone groups is 1. The van der Waals surface area contributed by atoms with Crippen LogP contribution in [0.25, 0.3) is 0 Å². The molecule has 2 aromatic carbocycles. The van der Waals surface area contributed by atoms with Gasteiger partial charge in [0.15, 0.2) is 9.84 Å². The quantitative estimate of drug-likeness (QED) is 0.828. The Balaban J connectivity index is 2.28. The zero-order valence-electron chi connectivity index (χ0n) is 13.5. The van der Waals surface area contributed by atoms with E-state index in [0.717, 1.165) is 18.4 Å². The van der Waals surface area contributed by atoms with E-state index in [9.17, 15) is 26.4 Å².